The summed E-state index contributed by atoms with van der Waals surface area (Å²) in [5, 5.41) is 3.54. The van der Waals surface area contributed by atoms with Gasteiger partial charge in [0, 0.05) is 11.6 Å². The van der Waals surface area contributed by atoms with Crippen molar-refractivity contribution >= 4 is 28.5 Å². The molecule has 0 aliphatic rings. The summed E-state index contributed by atoms with van der Waals surface area (Å²) in [6, 6.07) is 21.1. The van der Waals surface area contributed by atoms with Gasteiger partial charge in [-0.05, 0) is 74.2 Å². The van der Waals surface area contributed by atoms with Gasteiger partial charge >= 0.3 is 0 Å². The minimum absolute atomic E-state index is 0.0719. The number of carbonyl (C=O) groups is 1. The van der Waals surface area contributed by atoms with Crippen LogP contribution in [-0.4, -0.2) is 28.7 Å². The molecular formula is C28H30ClN3O3. The van der Waals surface area contributed by atoms with E-state index in [1.54, 1.807) is 24.3 Å². The minimum Gasteiger partial charge on any atom is -0.493 e. The molecular weight excluding hydrogens is 462 g/mol. The second kappa shape index (κ2) is 11.8. The van der Waals surface area contributed by atoms with E-state index in [1.165, 1.54) is 0 Å². The van der Waals surface area contributed by atoms with Gasteiger partial charge < -0.3 is 19.4 Å². The highest BCUT2D eigenvalue weighted by molar-refractivity contribution is 6.30. The maximum atomic E-state index is 12.4. The number of halogens is 1. The summed E-state index contributed by atoms with van der Waals surface area (Å²) in [5.41, 5.74) is 4.29. The number of unbranched alkanes of at least 4 members (excludes halogenated alkanes) is 1. The fourth-order valence-electron chi connectivity index (χ4n) is 3.99. The minimum atomic E-state index is -0.208. The van der Waals surface area contributed by atoms with Gasteiger partial charge in [0.15, 0.2) is 6.61 Å². The van der Waals surface area contributed by atoms with Crippen LogP contribution in [-0.2, 0) is 17.9 Å². The topological polar surface area (TPSA) is 65.4 Å². The fraction of sp³-hybridized carbons (Fsp3) is 0.286. The molecule has 0 bridgehead atoms. The number of aryl methyl sites for hydroxylation is 3. The number of ether oxygens (including phenoxy) is 2. The first kappa shape index (κ1) is 24.6. The van der Waals surface area contributed by atoms with Crippen molar-refractivity contribution in [3.8, 4) is 11.5 Å². The van der Waals surface area contributed by atoms with Gasteiger partial charge in [-0.3, -0.25) is 4.79 Å². The van der Waals surface area contributed by atoms with Gasteiger partial charge in [0.2, 0.25) is 0 Å². The van der Waals surface area contributed by atoms with Gasteiger partial charge in [-0.25, -0.2) is 4.98 Å². The Morgan fingerprint density at radius 1 is 0.943 bits per heavy atom. The summed E-state index contributed by atoms with van der Waals surface area (Å²) in [5.74, 6) is 2.19. The quantitative estimate of drug-likeness (QED) is 0.267. The Labute approximate surface area is 210 Å². The number of amides is 1. The molecule has 0 atom stereocenters. The highest BCUT2D eigenvalue weighted by atomic mass is 35.5. The fourth-order valence-corrected chi connectivity index (χ4v) is 4.12. The van der Waals surface area contributed by atoms with Crippen LogP contribution in [0.4, 0.5) is 0 Å². The number of fused-ring (bicyclic) bond motifs is 1. The highest BCUT2D eigenvalue weighted by Crippen LogP contribution is 2.23. The van der Waals surface area contributed by atoms with Crippen molar-refractivity contribution in [1.29, 1.82) is 0 Å². The highest BCUT2D eigenvalue weighted by Gasteiger charge is 2.12. The van der Waals surface area contributed by atoms with Gasteiger partial charge in [-0.1, -0.05) is 41.9 Å². The average molecular weight is 492 g/mol. The maximum Gasteiger partial charge on any atom is 0.258 e. The van der Waals surface area contributed by atoms with Crippen molar-refractivity contribution in [1.82, 2.24) is 14.9 Å². The zero-order valence-corrected chi connectivity index (χ0v) is 20.8. The molecule has 0 saturated carbocycles. The second-order valence-corrected chi connectivity index (χ2v) is 8.90. The summed E-state index contributed by atoms with van der Waals surface area (Å²) < 4.78 is 13.8. The van der Waals surface area contributed by atoms with E-state index in [4.69, 9.17) is 26.1 Å². The van der Waals surface area contributed by atoms with Crippen LogP contribution in [0.2, 0.25) is 5.02 Å². The SMILES string of the molecule is Cc1cccc(C)c1OCCCCn1c(CNC(=O)COc2ccc(Cl)cc2)nc2ccccc21. The van der Waals surface area contributed by atoms with Crippen LogP contribution >= 0.6 is 11.6 Å². The number of imidazole rings is 1. The number of nitrogens with one attached hydrogen (secondary N) is 1. The number of benzene rings is 3. The van der Waals surface area contributed by atoms with E-state index < -0.39 is 0 Å². The zero-order chi connectivity index (χ0) is 24.6. The summed E-state index contributed by atoms with van der Waals surface area (Å²) >= 11 is 5.88. The van der Waals surface area contributed by atoms with Crippen LogP contribution in [0.1, 0.15) is 29.8 Å². The lowest BCUT2D eigenvalue weighted by molar-refractivity contribution is -0.123. The van der Waals surface area contributed by atoms with Crippen molar-refractivity contribution < 1.29 is 14.3 Å². The molecule has 35 heavy (non-hydrogen) atoms. The van der Waals surface area contributed by atoms with Crippen LogP contribution in [0.15, 0.2) is 66.7 Å². The predicted molar refractivity (Wildman–Crippen MR) is 139 cm³/mol. The van der Waals surface area contributed by atoms with E-state index >= 15 is 0 Å². The Morgan fingerprint density at radius 2 is 1.69 bits per heavy atom. The molecule has 1 aromatic heterocycles. The summed E-state index contributed by atoms with van der Waals surface area (Å²) in [6.45, 7) is 5.85. The van der Waals surface area contributed by atoms with Gasteiger partial charge in [0.05, 0.1) is 24.2 Å². The van der Waals surface area contributed by atoms with E-state index in [1.807, 2.05) is 24.3 Å². The van der Waals surface area contributed by atoms with Crippen LogP contribution in [0.5, 0.6) is 11.5 Å². The normalized spacial score (nSPS) is 10.9. The molecule has 1 amide bonds. The van der Waals surface area contributed by atoms with Gasteiger partial charge in [-0.2, -0.15) is 0 Å². The molecule has 0 saturated heterocycles. The summed E-state index contributed by atoms with van der Waals surface area (Å²) in [7, 11) is 0. The molecule has 4 rings (SSSR count). The lowest BCUT2D eigenvalue weighted by Gasteiger charge is -2.13. The number of aromatic nitrogens is 2. The van der Waals surface area contributed by atoms with E-state index in [2.05, 4.69) is 41.9 Å². The first-order chi connectivity index (χ1) is 17.0. The van der Waals surface area contributed by atoms with Gasteiger partial charge in [0.1, 0.15) is 17.3 Å². The summed E-state index contributed by atoms with van der Waals surface area (Å²) in [6.07, 6.45) is 1.85. The Kier molecular flexibility index (Phi) is 8.27. The monoisotopic (exact) mass is 491 g/mol. The molecule has 1 heterocycles. The van der Waals surface area contributed by atoms with Crippen molar-refractivity contribution in [2.24, 2.45) is 0 Å². The number of carbonyl (C=O) groups excluding carboxylic acids is 1. The van der Waals surface area contributed by atoms with Crippen molar-refractivity contribution in [3.05, 3.63) is 88.7 Å². The Hall–Kier alpha value is -3.51. The molecule has 7 heteroatoms. The molecule has 0 radical (unpaired) electrons. The van der Waals surface area contributed by atoms with Crippen molar-refractivity contribution in [2.45, 2.75) is 39.8 Å². The number of hydrogen-bond acceptors (Lipinski definition) is 4. The third-order valence-electron chi connectivity index (χ3n) is 5.79. The first-order valence-electron chi connectivity index (χ1n) is 11.8. The lowest BCUT2D eigenvalue weighted by atomic mass is 10.1. The Balaban J connectivity index is 1.31. The van der Waals surface area contributed by atoms with Gasteiger partial charge in [0.25, 0.3) is 5.91 Å². The first-order valence-corrected chi connectivity index (χ1v) is 12.2. The molecule has 0 unspecified atom stereocenters. The zero-order valence-electron chi connectivity index (χ0n) is 20.1. The molecule has 0 spiro atoms. The molecule has 0 fully saturated rings. The molecule has 0 aliphatic heterocycles. The molecule has 182 valence electrons. The largest absolute Gasteiger partial charge is 0.493 e. The van der Waals surface area contributed by atoms with E-state index in [-0.39, 0.29) is 12.5 Å². The van der Waals surface area contributed by atoms with Crippen molar-refractivity contribution in [2.75, 3.05) is 13.2 Å². The van der Waals surface area contributed by atoms with Crippen LogP contribution in [0.3, 0.4) is 0 Å². The number of hydrogen-bond donors (Lipinski definition) is 1. The van der Waals surface area contributed by atoms with Crippen LogP contribution in [0, 0.1) is 13.8 Å². The standard InChI is InChI=1S/C28H30ClN3O3/c1-20-8-7-9-21(2)28(20)34-17-6-5-16-32-25-11-4-3-10-24(25)31-26(32)18-30-27(33)19-35-23-14-12-22(29)13-15-23/h3-4,7-15H,5-6,16-19H2,1-2H3,(H,30,33). The number of rotatable bonds is 11. The van der Waals surface area contributed by atoms with Crippen LogP contribution < -0.4 is 14.8 Å². The molecule has 1 N–H and O–H groups in total. The Bertz CT molecular complexity index is 1260. The van der Waals surface area contributed by atoms with E-state index in [9.17, 15) is 4.79 Å². The number of para-hydroxylation sites is 3. The average Bonchev–Trinajstić information content (AvgIpc) is 3.21. The van der Waals surface area contributed by atoms with Gasteiger partial charge in [-0.15, -0.1) is 0 Å². The third-order valence-corrected chi connectivity index (χ3v) is 6.04. The molecule has 4 aromatic rings. The van der Waals surface area contributed by atoms with Crippen molar-refractivity contribution in [3.63, 3.8) is 0 Å². The van der Waals surface area contributed by atoms with E-state index in [0.29, 0.717) is 23.9 Å². The number of nitrogens with zero attached hydrogens (tertiary/aromatic N) is 2. The summed E-state index contributed by atoms with van der Waals surface area (Å²) in [4.78, 5) is 17.1. The maximum absolute atomic E-state index is 12.4. The van der Waals surface area contributed by atoms with E-state index in [0.717, 1.165) is 53.1 Å². The Morgan fingerprint density at radius 3 is 2.46 bits per heavy atom. The molecule has 0 aliphatic carbocycles. The van der Waals surface area contributed by atoms with Crippen LogP contribution in [0.25, 0.3) is 11.0 Å². The molecule has 6 nitrogen and oxygen atoms in total. The third kappa shape index (κ3) is 6.55. The molecule has 3 aromatic carbocycles. The predicted octanol–water partition coefficient (Wildman–Crippen LogP) is 5.86. The lowest BCUT2D eigenvalue weighted by Crippen LogP contribution is -2.29. The smallest absolute Gasteiger partial charge is 0.258 e. The second-order valence-electron chi connectivity index (χ2n) is 8.46.